The molecule has 2 rings (SSSR count). The molecule has 1 aromatic rings. The van der Waals surface area contributed by atoms with Crippen LogP contribution in [0.3, 0.4) is 0 Å². The Labute approximate surface area is 171 Å². The van der Waals surface area contributed by atoms with E-state index >= 15 is 0 Å². The first kappa shape index (κ1) is 22.4. The predicted octanol–water partition coefficient (Wildman–Crippen LogP) is 3.46. The molecule has 0 aliphatic carbocycles. The van der Waals surface area contributed by atoms with Crippen LogP contribution in [0.15, 0.2) is 23.4 Å². The van der Waals surface area contributed by atoms with Crippen LogP contribution in [0.5, 0.6) is 17.2 Å². The third-order valence-corrected chi connectivity index (χ3v) is 4.52. The number of carbonyl (C=O) groups excluding carboxylic acids is 2. The quantitative estimate of drug-likeness (QED) is 0.610. The van der Waals surface area contributed by atoms with Gasteiger partial charge in [0.25, 0.3) is 0 Å². The number of ether oxygens (including phenoxy) is 4. The van der Waals surface area contributed by atoms with Gasteiger partial charge >= 0.3 is 12.0 Å². The molecule has 8 heteroatoms. The van der Waals surface area contributed by atoms with Crippen LogP contribution in [0, 0.1) is 0 Å². The lowest BCUT2D eigenvalue weighted by molar-refractivity contribution is -0.143. The van der Waals surface area contributed by atoms with Gasteiger partial charge in [0.15, 0.2) is 11.5 Å². The van der Waals surface area contributed by atoms with E-state index < -0.39 is 12.0 Å². The zero-order valence-electron chi connectivity index (χ0n) is 17.9. The summed E-state index contributed by atoms with van der Waals surface area (Å²) in [5, 5.41) is 5.60. The molecule has 0 aromatic heterocycles. The number of benzene rings is 1. The van der Waals surface area contributed by atoms with Crippen molar-refractivity contribution in [1.29, 1.82) is 0 Å². The monoisotopic (exact) mass is 406 g/mol. The third kappa shape index (κ3) is 5.13. The molecule has 0 spiro atoms. The molecule has 29 heavy (non-hydrogen) atoms. The van der Waals surface area contributed by atoms with Gasteiger partial charge in [0.1, 0.15) is 0 Å². The minimum Gasteiger partial charge on any atom is -0.493 e. The Kier molecular flexibility index (Phi) is 7.75. The van der Waals surface area contributed by atoms with Gasteiger partial charge < -0.3 is 29.6 Å². The average Bonchev–Trinajstić information content (AvgIpc) is 2.69. The number of methoxy groups -OCH3 is 3. The number of hydrogen-bond donors (Lipinski definition) is 2. The van der Waals surface area contributed by atoms with Gasteiger partial charge in [-0.3, -0.25) is 0 Å². The molecular formula is C21H30N2O6. The number of amides is 2. The molecule has 0 fully saturated rings. The molecule has 1 heterocycles. The summed E-state index contributed by atoms with van der Waals surface area (Å²) < 4.78 is 21.7. The van der Waals surface area contributed by atoms with Gasteiger partial charge in [0.05, 0.1) is 39.0 Å². The minimum atomic E-state index is -0.712. The van der Waals surface area contributed by atoms with E-state index in [4.69, 9.17) is 18.9 Å². The number of hydrogen-bond acceptors (Lipinski definition) is 6. The summed E-state index contributed by atoms with van der Waals surface area (Å²) in [6.07, 6.45) is 2.03. The number of carbonyl (C=O) groups is 2. The summed E-state index contributed by atoms with van der Waals surface area (Å²) >= 11 is 0. The topological polar surface area (TPSA) is 95.1 Å². The number of allylic oxidation sites excluding steroid dienone is 1. The van der Waals surface area contributed by atoms with Gasteiger partial charge in [-0.15, -0.1) is 0 Å². The van der Waals surface area contributed by atoms with Crippen LogP contribution in [-0.2, 0) is 9.53 Å². The Hall–Kier alpha value is -2.90. The smallest absolute Gasteiger partial charge is 0.338 e. The van der Waals surface area contributed by atoms with Crippen molar-refractivity contribution in [2.75, 3.05) is 21.3 Å². The molecular weight excluding hydrogens is 376 g/mol. The van der Waals surface area contributed by atoms with Crippen molar-refractivity contribution in [1.82, 2.24) is 10.6 Å². The van der Waals surface area contributed by atoms with Crippen LogP contribution in [0.4, 0.5) is 4.79 Å². The highest BCUT2D eigenvalue weighted by molar-refractivity contribution is 5.95. The van der Waals surface area contributed by atoms with Crippen molar-refractivity contribution >= 4 is 12.0 Å². The van der Waals surface area contributed by atoms with Crippen LogP contribution < -0.4 is 24.8 Å². The highest BCUT2D eigenvalue weighted by atomic mass is 16.5. The molecule has 0 saturated heterocycles. The van der Waals surface area contributed by atoms with Crippen LogP contribution in [0.2, 0.25) is 0 Å². The maximum Gasteiger partial charge on any atom is 0.338 e. The average molecular weight is 406 g/mol. The van der Waals surface area contributed by atoms with Crippen LogP contribution in [0.25, 0.3) is 0 Å². The lowest BCUT2D eigenvalue weighted by atomic mass is 9.93. The number of nitrogens with one attached hydrogen (secondary N) is 2. The van der Waals surface area contributed by atoms with Gasteiger partial charge in [-0.1, -0.05) is 13.3 Å². The Morgan fingerprint density at radius 2 is 1.72 bits per heavy atom. The fourth-order valence-corrected chi connectivity index (χ4v) is 3.21. The van der Waals surface area contributed by atoms with E-state index in [9.17, 15) is 9.59 Å². The van der Waals surface area contributed by atoms with Gasteiger partial charge in [-0.2, -0.15) is 0 Å². The normalized spacial score (nSPS) is 16.2. The van der Waals surface area contributed by atoms with Crippen molar-refractivity contribution in [3.8, 4) is 17.2 Å². The fourth-order valence-electron chi connectivity index (χ4n) is 3.21. The second-order valence-corrected chi connectivity index (χ2v) is 6.94. The molecule has 0 radical (unpaired) electrons. The molecule has 2 N–H and O–H groups in total. The molecule has 1 aliphatic rings. The minimum absolute atomic E-state index is 0.291. The summed E-state index contributed by atoms with van der Waals surface area (Å²) in [5.41, 5.74) is 1.57. The zero-order valence-corrected chi connectivity index (χ0v) is 17.9. The maximum absolute atomic E-state index is 12.9. The molecule has 8 nitrogen and oxygen atoms in total. The molecule has 0 bridgehead atoms. The van der Waals surface area contributed by atoms with Gasteiger partial charge in [-0.05, 0) is 44.4 Å². The van der Waals surface area contributed by atoms with Crippen LogP contribution >= 0.6 is 0 Å². The third-order valence-electron chi connectivity index (χ3n) is 4.52. The molecule has 0 saturated carbocycles. The zero-order chi connectivity index (χ0) is 21.6. The summed E-state index contributed by atoms with van der Waals surface area (Å²) in [4.78, 5) is 25.3. The van der Waals surface area contributed by atoms with Crippen LogP contribution in [-0.4, -0.2) is 39.4 Å². The standard InChI is InChI=1S/C21H30N2O6/c1-7-8-9-14-17(20(24)29-12(2)3)18(23-21(25)22-14)13-10-15(26-4)19(28-6)16(11-13)27-5/h10-12,18H,7-9H2,1-6H3,(H2,22,23,25). The van der Waals surface area contributed by atoms with E-state index in [1.807, 2.05) is 6.92 Å². The van der Waals surface area contributed by atoms with E-state index in [1.54, 1.807) is 26.0 Å². The molecule has 160 valence electrons. The van der Waals surface area contributed by atoms with Gasteiger partial charge in [0.2, 0.25) is 5.75 Å². The molecule has 1 atom stereocenters. The first-order chi connectivity index (χ1) is 13.9. The molecule has 1 aliphatic heterocycles. The van der Waals surface area contributed by atoms with E-state index in [0.29, 0.717) is 40.5 Å². The van der Waals surface area contributed by atoms with Gasteiger partial charge in [0, 0.05) is 5.70 Å². The van der Waals surface area contributed by atoms with Crippen molar-refractivity contribution in [2.24, 2.45) is 0 Å². The molecule has 1 aromatic carbocycles. The largest absolute Gasteiger partial charge is 0.493 e. The number of unbranched alkanes of at least 4 members (excludes halogenated alkanes) is 1. The first-order valence-electron chi connectivity index (χ1n) is 9.67. The Morgan fingerprint density at radius 3 is 2.21 bits per heavy atom. The number of esters is 1. The Bertz CT molecular complexity index is 762. The van der Waals surface area contributed by atoms with E-state index in [1.165, 1.54) is 21.3 Å². The van der Waals surface area contributed by atoms with Crippen molar-refractivity contribution in [3.05, 3.63) is 29.0 Å². The number of rotatable bonds is 9. The summed E-state index contributed by atoms with van der Waals surface area (Å²) in [7, 11) is 4.54. The van der Waals surface area contributed by atoms with Gasteiger partial charge in [-0.25, -0.2) is 9.59 Å². The highest BCUT2D eigenvalue weighted by Crippen LogP contribution is 2.42. The molecule has 1 unspecified atom stereocenters. The highest BCUT2D eigenvalue weighted by Gasteiger charge is 2.35. The second-order valence-electron chi connectivity index (χ2n) is 6.94. The van der Waals surface area contributed by atoms with E-state index in [2.05, 4.69) is 10.6 Å². The SMILES string of the molecule is CCCCC1=C(C(=O)OC(C)C)C(c2cc(OC)c(OC)c(OC)c2)NC(=O)N1. The Morgan fingerprint density at radius 1 is 1.10 bits per heavy atom. The van der Waals surface area contributed by atoms with Crippen molar-refractivity contribution < 1.29 is 28.5 Å². The predicted molar refractivity (Wildman–Crippen MR) is 108 cm³/mol. The maximum atomic E-state index is 12.9. The van der Waals surface area contributed by atoms with Crippen molar-refractivity contribution in [2.45, 2.75) is 52.2 Å². The lowest BCUT2D eigenvalue weighted by Gasteiger charge is -2.30. The molecule has 2 amide bonds. The summed E-state index contributed by atoms with van der Waals surface area (Å²) in [6, 6.07) is 2.35. The second kappa shape index (κ2) is 10.0. The number of urea groups is 1. The lowest BCUT2D eigenvalue weighted by Crippen LogP contribution is -2.46. The Balaban J connectivity index is 2.62. The summed E-state index contributed by atoms with van der Waals surface area (Å²) in [6.45, 7) is 5.62. The van der Waals surface area contributed by atoms with E-state index in [-0.39, 0.29) is 12.1 Å². The van der Waals surface area contributed by atoms with Crippen LogP contribution in [0.1, 0.15) is 51.6 Å². The fraction of sp³-hybridized carbons (Fsp3) is 0.524. The van der Waals surface area contributed by atoms with Crippen molar-refractivity contribution in [3.63, 3.8) is 0 Å². The summed E-state index contributed by atoms with van der Waals surface area (Å²) in [5.74, 6) is 0.820. The first-order valence-corrected chi connectivity index (χ1v) is 9.67. The van der Waals surface area contributed by atoms with E-state index in [0.717, 1.165) is 12.8 Å².